The summed E-state index contributed by atoms with van der Waals surface area (Å²) in [5.74, 6) is -1.16. The number of para-hydroxylation sites is 1. The number of anilines is 1. The molecule has 0 bridgehead atoms. The molecule has 0 spiro atoms. The molecule has 3 nitrogen and oxygen atoms in total. The lowest BCUT2D eigenvalue weighted by Gasteiger charge is -2.25. The zero-order valence-electron chi connectivity index (χ0n) is 14.1. The average Bonchev–Trinajstić information content (AvgIpc) is 2.57. The summed E-state index contributed by atoms with van der Waals surface area (Å²) in [6.07, 6.45) is -4.58. The Morgan fingerprint density at radius 2 is 1.85 bits per heavy atom. The Balaban J connectivity index is 2.13. The summed E-state index contributed by atoms with van der Waals surface area (Å²) in [4.78, 5) is 13.8. The monoisotopic (exact) mass is 388 g/mol. The van der Waals surface area contributed by atoms with Crippen molar-refractivity contribution in [1.29, 1.82) is 0 Å². The van der Waals surface area contributed by atoms with Gasteiger partial charge in [-0.15, -0.1) is 0 Å². The molecule has 2 rings (SSSR count). The molecule has 0 aliphatic heterocycles. The lowest BCUT2D eigenvalue weighted by atomic mass is 10.1. The Bertz CT molecular complexity index is 775. The maximum Gasteiger partial charge on any atom is 0.418 e. The first-order valence-corrected chi connectivity index (χ1v) is 8.09. The van der Waals surface area contributed by atoms with Crippen LogP contribution in [-0.4, -0.2) is 23.9 Å². The number of halogens is 5. The van der Waals surface area contributed by atoms with Crippen LogP contribution in [0.1, 0.15) is 18.1 Å². The van der Waals surface area contributed by atoms with Crippen molar-refractivity contribution in [3.8, 4) is 0 Å². The Morgan fingerprint density at radius 1 is 1.19 bits per heavy atom. The van der Waals surface area contributed by atoms with Crippen LogP contribution in [0.3, 0.4) is 0 Å². The molecular weight excluding hydrogens is 372 g/mol. The number of nitrogens with zero attached hydrogens (tertiary/aromatic N) is 1. The summed E-state index contributed by atoms with van der Waals surface area (Å²) < 4.78 is 52.9. The maximum atomic E-state index is 13.9. The van der Waals surface area contributed by atoms with E-state index in [1.807, 2.05) is 0 Å². The fourth-order valence-electron chi connectivity index (χ4n) is 2.35. The third-order valence-electron chi connectivity index (χ3n) is 4.00. The molecule has 0 aromatic heterocycles. The Kier molecular flexibility index (Phi) is 6.26. The third kappa shape index (κ3) is 4.74. The minimum Gasteiger partial charge on any atom is -0.324 e. The molecule has 1 amide bonds. The highest BCUT2D eigenvalue weighted by atomic mass is 35.5. The second-order valence-corrected chi connectivity index (χ2v) is 6.23. The highest BCUT2D eigenvalue weighted by molar-refractivity contribution is 6.31. The zero-order chi connectivity index (χ0) is 19.5. The first kappa shape index (κ1) is 20.2. The van der Waals surface area contributed by atoms with Gasteiger partial charge < -0.3 is 5.32 Å². The average molecular weight is 389 g/mol. The number of hydrogen-bond donors (Lipinski definition) is 1. The van der Waals surface area contributed by atoms with Crippen molar-refractivity contribution < 1.29 is 22.4 Å². The topological polar surface area (TPSA) is 32.3 Å². The molecule has 1 N–H and O–H groups in total. The van der Waals surface area contributed by atoms with Gasteiger partial charge in [0.2, 0.25) is 5.91 Å². The standard InChI is InChI=1S/C18H17ClF4N2O/c1-11(25(2)10-12-14(19)7-5-8-15(12)20)17(26)24-16-9-4-3-6-13(16)18(21,22)23/h3-9,11H,10H2,1-2H3,(H,24,26)/t11-/m0/s1. The van der Waals surface area contributed by atoms with Crippen molar-refractivity contribution in [3.05, 3.63) is 64.4 Å². The molecule has 0 aliphatic rings. The van der Waals surface area contributed by atoms with Gasteiger partial charge in [-0.05, 0) is 38.2 Å². The van der Waals surface area contributed by atoms with Gasteiger partial charge in [0.1, 0.15) is 5.82 Å². The zero-order valence-corrected chi connectivity index (χ0v) is 14.8. The summed E-state index contributed by atoms with van der Waals surface area (Å²) in [5, 5.41) is 2.50. The number of benzene rings is 2. The van der Waals surface area contributed by atoms with Crippen LogP contribution in [0, 0.1) is 5.82 Å². The first-order chi connectivity index (χ1) is 12.1. The van der Waals surface area contributed by atoms with E-state index >= 15 is 0 Å². The number of alkyl halides is 3. The van der Waals surface area contributed by atoms with Crippen LogP contribution in [0.15, 0.2) is 42.5 Å². The summed E-state index contributed by atoms with van der Waals surface area (Å²) in [7, 11) is 1.56. The van der Waals surface area contributed by atoms with E-state index in [2.05, 4.69) is 5.32 Å². The van der Waals surface area contributed by atoms with E-state index in [1.165, 1.54) is 48.2 Å². The van der Waals surface area contributed by atoms with Crippen molar-refractivity contribution >= 4 is 23.2 Å². The van der Waals surface area contributed by atoms with Gasteiger partial charge in [-0.3, -0.25) is 9.69 Å². The van der Waals surface area contributed by atoms with Gasteiger partial charge in [0.15, 0.2) is 0 Å². The van der Waals surface area contributed by atoms with Gasteiger partial charge in [-0.25, -0.2) is 4.39 Å². The van der Waals surface area contributed by atoms with Crippen LogP contribution < -0.4 is 5.32 Å². The highest BCUT2D eigenvalue weighted by Crippen LogP contribution is 2.34. The van der Waals surface area contributed by atoms with Crippen LogP contribution >= 0.6 is 11.6 Å². The predicted octanol–water partition coefficient (Wildman–Crippen LogP) is 4.96. The van der Waals surface area contributed by atoms with Crippen molar-refractivity contribution in [2.24, 2.45) is 0 Å². The molecule has 0 aliphatic carbocycles. The van der Waals surface area contributed by atoms with Crippen LogP contribution in [0.5, 0.6) is 0 Å². The van der Waals surface area contributed by atoms with Crippen LogP contribution in [0.2, 0.25) is 5.02 Å². The minimum absolute atomic E-state index is 0.0288. The van der Waals surface area contributed by atoms with Gasteiger partial charge in [0.05, 0.1) is 17.3 Å². The van der Waals surface area contributed by atoms with E-state index < -0.39 is 29.5 Å². The molecule has 0 unspecified atom stereocenters. The molecule has 1 atom stereocenters. The summed E-state index contributed by atoms with van der Waals surface area (Å²) in [6, 6.07) is 8.15. The fourth-order valence-corrected chi connectivity index (χ4v) is 2.57. The first-order valence-electron chi connectivity index (χ1n) is 7.71. The number of likely N-dealkylation sites (N-methyl/N-ethyl adjacent to an activating group) is 1. The van der Waals surface area contributed by atoms with Crippen molar-refractivity contribution in [2.75, 3.05) is 12.4 Å². The number of carbonyl (C=O) groups is 1. The van der Waals surface area contributed by atoms with Crippen molar-refractivity contribution in [3.63, 3.8) is 0 Å². The summed E-state index contributed by atoms with van der Waals surface area (Å²) >= 11 is 5.97. The van der Waals surface area contributed by atoms with Crippen molar-refractivity contribution in [1.82, 2.24) is 4.90 Å². The van der Waals surface area contributed by atoms with Crippen molar-refractivity contribution in [2.45, 2.75) is 25.7 Å². The molecule has 0 heterocycles. The molecule has 2 aromatic rings. The fraction of sp³-hybridized carbons (Fsp3) is 0.278. The number of carbonyl (C=O) groups excluding carboxylic acids is 1. The largest absolute Gasteiger partial charge is 0.418 e. The Labute approximate surface area is 153 Å². The number of nitrogens with one attached hydrogen (secondary N) is 1. The second kappa shape index (κ2) is 8.05. The van der Waals surface area contributed by atoms with Gasteiger partial charge in [0.25, 0.3) is 0 Å². The molecule has 8 heteroatoms. The number of amides is 1. The minimum atomic E-state index is -4.58. The van der Waals surface area contributed by atoms with Crippen LogP contribution in [0.4, 0.5) is 23.2 Å². The third-order valence-corrected chi connectivity index (χ3v) is 4.35. The van der Waals surface area contributed by atoms with Crippen LogP contribution in [-0.2, 0) is 17.5 Å². The van der Waals surface area contributed by atoms with Gasteiger partial charge in [0, 0.05) is 17.1 Å². The Morgan fingerprint density at radius 3 is 2.46 bits per heavy atom. The van der Waals surface area contributed by atoms with E-state index in [-0.39, 0.29) is 22.8 Å². The van der Waals surface area contributed by atoms with E-state index in [0.717, 1.165) is 6.07 Å². The lowest BCUT2D eigenvalue weighted by Crippen LogP contribution is -2.39. The predicted molar refractivity (Wildman–Crippen MR) is 92.4 cm³/mol. The molecule has 0 saturated heterocycles. The molecule has 0 saturated carbocycles. The SMILES string of the molecule is C[C@@H](C(=O)Nc1ccccc1C(F)(F)F)N(C)Cc1c(F)cccc1Cl. The van der Waals surface area contributed by atoms with Gasteiger partial charge in [-0.1, -0.05) is 29.8 Å². The van der Waals surface area contributed by atoms with Crippen LogP contribution in [0.25, 0.3) is 0 Å². The maximum absolute atomic E-state index is 13.9. The van der Waals surface area contributed by atoms with Gasteiger partial charge in [-0.2, -0.15) is 13.2 Å². The van der Waals surface area contributed by atoms with E-state index in [1.54, 1.807) is 7.05 Å². The molecule has 140 valence electrons. The highest BCUT2D eigenvalue weighted by Gasteiger charge is 2.34. The quantitative estimate of drug-likeness (QED) is 0.734. The van der Waals surface area contributed by atoms with E-state index in [4.69, 9.17) is 11.6 Å². The molecule has 26 heavy (non-hydrogen) atoms. The second-order valence-electron chi connectivity index (χ2n) is 5.82. The summed E-state index contributed by atoms with van der Waals surface area (Å²) in [6.45, 7) is 1.54. The number of hydrogen-bond acceptors (Lipinski definition) is 2. The normalized spacial score (nSPS) is 12.9. The van der Waals surface area contributed by atoms with E-state index in [9.17, 15) is 22.4 Å². The summed E-state index contributed by atoms with van der Waals surface area (Å²) in [5.41, 5.74) is -1.04. The molecule has 0 radical (unpaired) electrons. The molecule has 0 fully saturated rings. The lowest BCUT2D eigenvalue weighted by molar-refractivity contribution is -0.137. The smallest absolute Gasteiger partial charge is 0.324 e. The van der Waals surface area contributed by atoms with E-state index in [0.29, 0.717) is 0 Å². The molecular formula is C18H17ClF4N2O. The Hall–Kier alpha value is -2.12. The molecule has 2 aromatic carbocycles. The van der Waals surface area contributed by atoms with Gasteiger partial charge >= 0.3 is 6.18 Å². The number of rotatable bonds is 5.